The minimum Gasteiger partial charge on any atom is -0.384 e. The van der Waals surface area contributed by atoms with Crippen molar-refractivity contribution in [3.8, 4) is 0 Å². The summed E-state index contributed by atoms with van der Waals surface area (Å²) in [5.74, 6) is 1.06. The third-order valence-corrected chi connectivity index (χ3v) is 5.92. The van der Waals surface area contributed by atoms with Gasteiger partial charge in [0.2, 0.25) is 5.91 Å². The number of rotatable bonds is 7. The highest BCUT2D eigenvalue weighted by Crippen LogP contribution is 2.25. The summed E-state index contributed by atoms with van der Waals surface area (Å²) in [6.07, 6.45) is 7.77. The first-order chi connectivity index (χ1) is 13.6. The molecule has 6 nitrogen and oxygen atoms in total. The SMILES string of the molecule is Nc1ccc(NC(=O)c2ccccc2SCC(=O)NCC2CCCCC2)cn1. The molecule has 1 heterocycles. The van der Waals surface area contributed by atoms with Crippen molar-refractivity contribution in [1.29, 1.82) is 0 Å². The zero-order chi connectivity index (χ0) is 19.8. The van der Waals surface area contributed by atoms with Crippen LogP contribution in [0.4, 0.5) is 11.5 Å². The molecule has 0 atom stereocenters. The Morgan fingerprint density at radius 3 is 2.64 bits per heavy atom. The summed E-state index contributed by atoms with van der Waals surface area (Å²) in [6.45, 7) is 0.756. The summed E-state index contributed by atoms with van der Waals surface area (Å²) < 4.78 is 0. The predicted molar refractivity (Wildman–Crippen MR) is 113 cm³/mol. The standard InChI is InChI=1S/C21H26N4O2S/c22-19-11-10-16(13-23-19)25-21(27)17-8-4-5-9-18(17)28-14-20(26)24-12-15-6-2-1-3-7-15/h4-5,8-11,13,15H,1-3,6-7,12,14H2,(H2,22,23)(H,24,26)(H,25,27). The van der Waals surface area contributed by atoms with E-state index in [9.17, 15) is 9.59 Å². The lowest BCUT2D eigenvalue weighted by Gasteiger charge is -2.21. The lowest BCUT2D eigenvalue weighted by atomic mass is 9.89. The summed E-state index contributed by atoms with van der Waals surface area (Å²) in [4.78, 5) is 29.6. The Morgan fingerprint density at radius 1 is 1.11 bits per heavy atom. The summed E-state index contributed by atoms with van der Waals surface area (Å²) in [7, 11) is 0. The Hall–Kier alpha value is -2.54. The maximum Gasteiger partial charge on any atom is 0.256 e. The first-order valence-electron chi connectivity index (χ1n) is 9.63. The van der Waals surface area contributed by atoms with Gasteiger partial charge in [-0.3, -0.25) is 9.59 Å². The van der Waals surface area contributed by atoms with Crippen molar-refractivity contribution < 1.29 is 9.59 Å². The van der Waals surface area contributed by atoms with E-state index in [1.165, 1.54) is 50.1 Å². The van der Waals surface area contributed by atoms with Crippen molar-refractivity contribution in [2.45, 2.75) is 37.0 Å². The molecule has 0 spiro atoms. The fraction of sp³-hybridized carbons (Fsp3) is 0.381. The highest BCUT2D eigenvalue weighted by Gasteiger charge is 2.16. The van der Waals surface area contributed by atoms with E-state index in [1.807, 2.05) is 18.2 Å². The van der Waals surface area contributed by atoms with E-state index in [4.69, 9.17) is 5.73 Å². The average molecular weight is 399 g/mol. The maximum atomic E-state index is 12.6. The lowest BCUT2D eigenvalue weighted by Crippen LogP contribution is -2.31. The zero-order valence-corrected chi connectivity index (χ0v) is 16.6. The number of benzene rings is 1. The molecule has 0 bridgehead atoms. The number of thioether (sulfide) groups is 1. The van der Waals surface area contributed by atoms with Crippen molar-refractivity contribution in [2.75, 3.05) is 23.3 Å². The quantitative estimate of drug-likeness (QED) is 0.618. The van der Waals surface area contributed by atoms with Crippen LogP contribution in [0.5, 0.6) is 0 Å². The van der Waals surface area contributed by atoms with Crippen LogP contribution in [-0.4, -0.2) is 29.1 Å². The number of hydrogen-bond donors (Lipinski definition) is 3. The van der Waals surface area contributed by atoms with Crippen LogP contribution < -0.4 is 16.4 Å². The van der Waals surface area contributed by atoms with E-state index in [2.05, 4.69) is 15.6 Å². The van der Waals surface area contributed by atoms with Crippen molar-refractivity contribution in [2.24, 2.45) is 5.92 Å². The number of carbonyl (C=O) groups is 2. The monoisotopic (exact) mass is 398 g/mol. The van der Waals surface area contributed by atoms with Crippen LogP contribution >= 0.6 is 11.8 Å². The smallest absolute Gasteiger partial charge is 0.256 e. The number of nitrogens with one attached hydrogen (secondary N) is 2. The molecule has 7 heteroatoms. The molecule has 1 aliphatic rings. The molecule has 1 aromatic heterocycles. The van der Waals surface area contributed by atoms with E-state index in [0.717, 1.165) is 11.4 Å². The molecular weight excluding hydrogens is 372 g/mol. The molecule has 0 radical (unpaired) electrons. The molecule has 0 aliphatic heterocycles. The molecule has 4 N–H and O–H groups in total. The van der Waals surface area contributed by atoms with Crippen LogP contribution in [-0.2, 0) is 4.79 Å². The topological polar surface area (TPSA) is 97.1 Å². The van der Waals surface area contributed by atoms with Gasteiger partial charge in [-0.05, 0) is 43.0 Å². The average Bonchev–Trinajstić information content (AvgIpc) is 2.73. The third-order valence-electron chi connectivity index (χ3n) is 4.85. The van der Waals surface area contributed by atoms with E-state index in [0.29, 0.717) is 28.7 Å². The number of hydrogen-bond acceptors (Lipinski definition) is 5. The Morgan fingerprint density at radius 2 is 1.89 bits per heavy atom. The zero-order valence-electron chi connectivity index (χ0n) is 15.8. The van der Waals surface area contributed by atoms with Crippen molar-refractivity contribution >= 4 is 35.1 Å². The molecule has 2 aromatic rings. The third kappa shape index (κ3) is 5.99. The van der Waals surface area contributed by atoms with Crippen LogP contribution in [0.3, 0.4) is 0 Å². The lowest BCUT2D eigenvalue weighted by molar-refractivity contribution is -0.118. The molecule has 1 saturated carbocycles. The normalized spacial score (nSPS) is 14.4. The van der Waals surface area contributed by atoms with Crippen LogP contribution in [0.15, 0.2) is 47.5 Å². The largest absolute Gasteiger partial charge is 0.384 e. The molecule has 148 valence electrons. The molecule has 3 rings (SSSR count). The second-order valence-corrected chi connectivity index (χ2v) is 8.04. The number of amides is 2. The molecular formula is C21H26N4O2S. The Labute approximate surface area is 169 Å². The van der Waals surface area contributed by atoms with Crippen LogP contribution in [0.1, 0.15) is 42.5 Å². The van der Waals surface area contributed by atoms with E-state index < -0.39 is 0 Å². The second-order valence-electron chi connectivity index (χ2n) is 7.02. The number of pyridine rings is 1. The number of nitrogen functional groups attached to an aromatic ring is 1. The van der Waals surface area contributed by atoms with Crippen molar-refractivity contribution in [1.82, 2.24) is 10.3 Å². The van der Waals surface area contributed by atoms with Gasteiger partial charge < -0.3 is 16.4 Å². The van der Waals surface area contributed by atoms with Gasteiger partial charge in [-0.15, -0.1) is 11.8 Å². The first kappa shape index (κ1) is 20.2. The molecule has 0 saturated heterocycles. The molecule has 1 aliphatic carbocycles. The van der Waals surface area contributed by atoms with Gasteiger partial charge in [0.05, 0.1) is 23.2 Å². The summed E-state index contributed by atoms with van der Waals surface area (Å²) >= 11 is 1.37. The number of nitrogens with two attached hydrogens (primary N) is 1. The van der Waals surface area contributed by atoms with E-state index in [-0.39, 0.29) is 11.8 Å². The first-order valence-corrected chi connectivity index (χ1v) is 10.6. The van der Waals surface area contributed by atoms with Gasteiger partial charge in [-0.1, -0.05) is 31.4 Å². The van der Waals surface area contributed by atoms with Crippen LogP contribution in [0.25, 0.3) is 0 Å². The minimum atomic E-state index is -0.239. The van der Waals surface area contributed by atoms with Crippen molar-refractivity contribution in [3.05, 3.63) is 48.2 Å². The van der Waals surface area contributed by atoms with Crippen LogP contribution in [0.2, 0.25) is 0 Å². The molecule has 2 amide bonds. The van der Waals surface area contributed by atoms with Crippen LogP contribution in [0, 0.1) is 5.92 Å². The van der Waals surface area contributed by atoms with E-state index in [1.54, 1.807) is 18.2 Å². The number of anilines is 2. The molecule has 28 heavy (non-hydrogen) atoms. The fourth-order valence-corrected chi connectivity index (χ4v) is 4.18. The second kappa shape index (κ2) is 10.1. The molecule has 1 aromatic carbocycles. The number of nitrogens with zero attached hydrogens (tertiary/aromatic N) is 1. The highest BCUT2D eigenvalue weighted by molar-refractivity contribution is 8.00. The number of carbonyl (C=O) groups excluding carboxylic acids is 2. The van der Waals surface area contributed by atoms with Gasteiger partial charge in [-0.25, -0.2) is 4.98 Å². The van der Waals surface area contributed by atoms with Gasteiger partial charge in [0.1, 0.15) is 5.82 Å². The number of aromatic nitrogens is 1. The summed E-state index contributed by atoms with van der Waals surface area (Å²) in [6, 6.07) is 10.6. The van der Waals surface area contributed by atoms with Gasteiger partial charge in [0.15, 0.2) is 0 Å². The summed E-state index contributed by atoms with van der Waals surface area (Å²) in [5, 5.41) is 5.85. The van der Waals surface area contributed by atoms with E-state index >= 15 is 0 Å². The Kier molecular flexibility index (Phi) is 7.31. The van der Waals surface area contributed by atoms with Gasteiger partial charge in [0, 0.05) is 11.4 Å². The highest BCUT2D eigenvalue weighted by atomic mass is 32.2. The molecule has 0 unspecified atom stereocenters. The van der Waals surface area contributed by atoms with Gasteiger partial charge in [0.25, 0.3) is 5.91 Å². The summed E-state index contributed by atoms with van der Waals surface area (Å²) in [5.41, 5.74) is 6.67. The Balaban J connectivity index is 1.53. The molecule has 1 fully saturated rings. The minimum absolute atomic E-state index is 0.00789. The maximum absolute atomic E-state index is 12.6. The van der Waals surface area contributed by atoms with Crippen molar-refractivity contribution in [3.63, 3.8) is 0 Å². The Bertz CT molecular complexity index is 804. The van der Waals surface area contributed by atoms with Gasteiger partial charge in [-0.2, -0.15) is 0 Å². The fourth-order valence-electron chi connectivity index (χ4n) is 3.30. The predicted octanol–water partition coefficient (Wildman–Crippen LogP) is 3.70. The van der Waals surface area contributed by atoms with Gasteiger partial charge >= 0.3 is 0 Å².